The average Bonchev–Trinajstić information content (AvgIpc) is 2.79. The van der Waals surface area contributed by atoms with E-state index in [1.807, 2.05) is 24.3 Å². The molecule has 1 aromatic heterocycles. The first-order valence-corrected chi connectivity index (χ1v) is 9.17. The Hall–Kier alpha value is -4.13. The molecule has 0 bridgehead atoms. The zero-order valence-corrected chi connectivity index (χ0v) is 16.6. The zero-order valence-electron chi connectivity index (χ0n) is 16.6. The van der Waals surface area contributed by atoms with Gasteiger partial charge < -0.3 is 20.1 Å². The number of nitrogens with zero attached hydrogens (tertiary/aromatic N) is 1. The number of benzene rings is 2. The van der Waals surface area contributed by atoms with Crippen molar-refractivity contribution in [2.75, 3.05) is 19.5 Å². The highest BCUT2D eigenvalue weighted by atomic mass is 16.5. The third kappa shape index (κ3) is 5.45. The Morgan fingerprint density at radius 1 is 1.00 bits per heavy atom. The van der Waals surface area contributed by atoms with Crippen molar-refractivity contribution in [1.82, 2.24) is 10.3 Å². The molecule has 2 aromatic carbocycles. The third-order valence-corrected chi connectivity index (χ3v) is 4.10. The van der Waals surface area contributed by atoms with E-state index in [0.29, 0.717) is 22.9 Å². The van der Waals surface area contributed by atoms with Crippen molar-refractivity contribution in [1.29, 1.82) is 0 Å². The van der Waals surface area contributed by atoms with E-state index >= 15 is 0 Å². The lowest BCUT2D eigenvalue weighted by Gasteiger charge is -2.08. The highest BCUT2D eigenvalue weighted by Crippen LogP contribution is 2.23. The van der Waals surface area contributed by atoms with Gasteiger partial charge in [-0.05, 0) is 42.5 Å². The summed E-state index contributed by atoms with van der Waals surface area (Å²) in [5.74, 6) is 1.18. The van der Waals surface area contributed by atoms with Crippen molar-refractivity contribution >= 4 is 23.6 Å². The number of aromatic nitrogens is 1. The number of hydrogen-bond donors (Lipinski definition) is 2. The summed E-state index contributed by atoms with van der Waals surface area (Å²) in [6, 6.07) is 17.5. The van der Waals surface area contributed by atoms with Gasteiger partial charge in [-0.3, -0.25) is 14.6 Å². The zero-order chi connectivity index (χ0) is 21.3. The molecular formula is C23H21N3O4. The molecule has 2 N–H and O–H groups in total. The molecule has 30 heavy (non-hydrogen) atoms. The van der Waals surface area contributed by atoms with Crippen LogP contribution in [-0.4, -0.2) is 31.0 Å². The van der Waals surface area contributed by atoms with Crippen LogP contribution in [0.3, 0.4) is 0 Å². The average molecular weight is 403 g/mol. The normalized spacial score (nSPS) is 10.5. The van der Waals surface area contributed by atoms with Crippen molar-refractivity contribution < 1.29 is 19.1 Å². The minimum absolute atomic E-state index is 0.265. The number of nitrogens with one attached hydrogen (secondary N) is 2. The number of rotatable bonds is 7. The molecule has 0 atom stereocenters. The van der Waals surface area contributed by atoms with Gasteiger partial charge in [-0.25, -0.2) is 0 Å². The summed E-state index contributed by atoms with van der Waals surface area (Å²) >= 11 is 0. The maximum Gasteiger partial charge on any atom is 0.269 e. The summed E-state index contributed by atoms with van der Waals surface area (Å²) in [5, 5.41) is 5.30. The minimum atomic E-state index is -0.292. The summed E-state index contributed by atoms with van der Waals surface area (Å²) in [7, 11) is 3.12. The fourth-order valence-electron chi connectivity index (χ4n) is 2.62. The van der Waals surface area contributed by atoms with E-state index in [0.717, 1.165) is 5.56 Å². The second-order valence-corrected chi connectivity index (χ2v) is 6.15. The van der Waals surface area contributed by atoms with Crippen LogP contribution in [0.2, 0.25) is 0 Å². The first-order chi connectivity index (χ1) is 14.6. The van der Waals surface area contributed by atoms with Crippen LogP contribution in [-0.2, 0) is 4.79 Å². The molecule has 3 aromatic rings. The quantitative estimate of drug-likeness (QED) is 0.584. The van der Waals surface area contributed by atoms with Crippen molar-refractivity contribution in [3.63, 3.8) is 0 Å². The van der Waals surface area contributed by atoms with E-state index in [2.05, 4.69) is 15.6 Å². The van der Waals surface area contributed by atoms with Gasteiger partial charge in [0.15, 0.2) is 0 Å². The number of amides is 2. The second kappa shape index (κ2) is 9.88. The van der Waals surface area contributed by atoms with Crippen LogP contribution in [0, 0.1) is 0 Å². The molecule has 7 nitrogen and oxygen atoms in total. The molecule has 0 radical (unpaired) electrons. The maximum absolute atomic E-state index is 12.2. The number of carbonyl (C=O) groups excluding carboxylic acids is 2. The lowest BCUT2D eigenvalue weighted by Crippen LogP contribution is -2.18. The van der Waals surface area contributed by atoms with Crippen LogP contribution in [0.25, 0.3) is 6.08 Å². The molecule has 0 aliphatic carbocycles. The van der Waals surface area contributed by atoms with Gasteiger partial charge in [0.1, 0.15) is 22.9 Å². The van der Waals surface area contributed by atoms with Crippen molar-refractivity contribution in [3.8, 4) is 17.2 Å². The van der Waals surface area contributed by atoms with Gasteiger partial charge in [0.05, 0.1) is 7.11 Å². The number of hydrogen-bond acceptors (Lipinski definition) is 5. The Morgan fingerprint density at radius 2 is 1.77 bits per heavy atom. The third-order valence-electron chi connectivity index (χ3n) is 4.10. The summed E-state index contributed by atoms with van der Waals surface area (Å²) in [6.07, 6.45) is 4.64. The molecule has 1 heterocycles. The SMILES string of the molecule is CNC(=O)c1cc(Oc2ccc(NC(=O)C=Cc3ccccc3OC)cc2)ccn1. The lowest BCUT2D eigenvalue weighted by molar-refractivity contribution is -0.111. The minimum Gasteiger partial charge on any atom is -0.496 e. The van der Waals surface area contributed by atoms with Gasteiger partial charge >= 0.3 is 0 Å². The first-order valence-electron chi connectivity index (χ1n) is 9.17. The number of methoxy groups -OCH3 is 1. The molecule has 0 fully saturated rings. The molecule has 0 aliphatic rings. The van der Waals surface area contributed by atoms with Gasteiger partial charge in [0.2, 0.25) is 5.91 Å². The Kier molecular flexibility index (Phi) is 6.78. The van der Waals surface area contributed by atoms with E-state index in [1.54, 1.807) is 49.6 Å². The van der Waals surface area contributed by atoms with E-state index in [1.165, 1.54) is 19.3 Å². The van der Waals surface area contributed by atoms with Crippen LogP contribution in [0.15, 0.2) is 72.9 Å². The molecule has 0 aliphatic heterocycles. The summed E-state index contributed by atoms with van der Waals surface area (Å²) in [6.45, 7) is 0. The summed E-state index contributed by atoms with van der Waals surface area (Å²) < 4.78 is 11.0. The monoisotopic (exact) mass is 403 g/mol. The second-order valence-electron chi connectivity index (χ2n) is 6.15. The standard InChI is InChI=1S/C23H21N3O4/c1-24-23(28)20-15-19(13-14-25-20)30-18-10-8-17(9-11-18)26-22(27)12-7-16-5-3-4-6-21(16)29-2/h3-15H,1-2H3,(H,24,28)(H,26,27). The molecule has 2 amide bonds. The van der Waals surface area contributed by atoms with E-state index in [4.69, 9.17) is 9.47 Å². The van der Waals surface area contributed by atoms with Gasteiger partial charge in [-0.1, -0.05) is 18.2 Å². The maximum atomic E-state index is 12.2. The first kappa shape index (κ1) is 20.6. The van der Waals surface area contributed by atoms with Gasteiger partial charge in [0, 0.05) is 36.6 Å². The van der Waals surface area contributed by atoms with Crippen LogP contribution in [0.1, 0.15) is 16.1 Å². The van der Waals surface area contributed by atoms with Crippen molar-refractivity contribution in [2.24, 2.45) is 0 Å². The molecule has 3 rings (SSSR count). The molecule has 0 saturated carbocycles. The molecule has 7 heteroatoms. The van der Waals surface area contributed by atoms with Crippen LogP contribution in [0.5, 0.6) is 17.2 Å². The summed E-state index contributed by atoms with van der Waals surface area (Å²) in [4.78, 5) is 27.8. The fraction of sp³-hybridized carbons (Fsp3) is 0.0870. The van der Waals surface area contributed by atoms with Crippen LogP contribution in [0.4, 0.5) is 5.69 Å². The Bertz CT molecular complexity index is 1060. The fourth-order valence-corrected chi connectivity index (χ4v) is 2.62. The Balaban J connectivity index is 1.61. The number of para-hydroxylation sites is 1. The number of carbonyl (C=O) groups is 2. The summed E-state index contributed by atoms with van der Waals surface area (Å²) in [5.41, 5.74) is 1.70. The highest BCUT2D eigenvalue weighted by molar-refractivity contribution is 6.02. The molecule has 152 valence electrons. The van der Waals surface area contributed by atoms with Crippen LogP contribution >= 0.6 is 0 Å². The van der Waals surface area contributed by atoms with Gasteiger partial charge in [0.25, 0.3) is 5.91 Å². The molecule has 0 spiro atoms. The largest absolute Gasteiger partial charge is 0.496 e. The van der Waals surface area contributed by atoms with Gasteiger partial charge in [-0.15, -0.1) is 0 Å². The smallest absolute Gasteiger partial charge is 0.269 e. The molecule has 0 saturated heterocycles. The predicted octanol–water partition coefficient (Wildman–Crippen LogP) is 3.89. The number of pyridine rings is 1. The number of ether oxygens (including phenoxy) is 2. The Labute approximate surface area is 174 Å². The van der Waals surface area contributed by atoms with Crippen LogP contribution < -0.4 is 20.1 Å². The van der Waals surface area contributed by atoms with Crippen molar-refractivity contribution in [2.45, 2.75) is 0 Å². The van der Waals surface area contributed by atoms with Gasteiger partial charge in [-0.2, -0.15) is 0 Å². The lowest BCUT2D eigenvalue weighted by atomic mass is 10.2. The Morgan fingerprint density at radius 3 is 2.50 bits per heavy atom. The number of anilines is 1. The van der Waals surface area contributed by atoms with E-state index in [-0.39, 0.29) is 17.5 Å². The van der Waals surface area contributed by atoms with E-state index < -0.39 is 0 Å². The topological polar surface area (TPSA) is 89.6 Å². The van der Waals surface area contributed by atoms with Crippen molar-refractivity contribution in [3.05, 3.63) is 84.2 Å². The molecular weight excluding hydrogens is 382 g/mol. The predicted molar refractivity (Wildman–Crippen MR) is 115 cm³/mol. The molecule has 0 unspecified atom stereocenters. The van der Waals surface area contributed by atoms with E-state index in [9.17, 15) is 9.59 Å². The highest BCUT2D eigenvalue weighted by Gasteiger charge is 2.07.